The van der Waals surface area contributed by atoms with Gasteiger partial charge in [-0.1, -0.05) is 6.92 Å². The predicted molar refractivity (Wildman–Crippen MR) is 66.5 cm³/mol. The molecule has 1 aromatic heterocycles. The smallest absolute Gasteiger partial charge is 0.183 e. The molecule has 14 heavy (non-hydrogen) atoms. The number of thioether (sulfide) groups is 1. The standard InChI is InChI=1S/C9H11Br2NOS/c1-5-3-12-9(14-4-5)7-2-6(10)8(11)13-7/h2,5,9,12H,3-4H2,1H3. The minimum atomic E-state index is 0.300. The lowest BCUT2D eigenvalue weighted by atomic mass is 10.2. The molecule has 0 spiro atoms. The number of halogens is 2. The van der Waals surface area contributed by atoms with Crippen LogP contribution in [0.15, 0.2) is 19.6 Å². The largest absolute Gasteiger partial charge is 0.451 e. The molecule has 78 valence electrons. The summed E-state index contributed by atoms with van der Waals surface area (Å²) in [5.41, 5.74) is 0. The van der Waals surface area contributed by atoms with Crippen LogP contribution >= 0.6 is 43.6 Å². The fourth-order valence-electron chi connectivity index (χ4n) is 1.36. The van der Waals surface area contributed by atoms with Gasteiger partial charge in [0.25, 0.3) is 0 Å². The number of hydrogen-bond acceptors (Lipinski definition) is 3. The summed E-state index contributed by atoms with van der Waals surface area (Å²) in [5, 5.41) is 3.75. The third-order valence-electron chi connectivity index (χ3n) is 2.12. The minimum Gasteiger partial charge on any atom is -0.451 e. The Morgan fingerprint density at radius 1 is 1.57 bits per heavy atom. The van der Waals surface area contributed by atoms with Crippen LogP contribution in [0.25, 0.3) is 0 Å². The monoisotopic (exact) mass is 339 g/mol. The zero-order chi connectivity index (χ0) is 10.1. The summed E-state index contributed by atoms with van der Waals surface area (Å²) >= 11 is 8.66. The highest BCUT2D eigenvalue weighted by molar-refractivity contribution is 9.13. The van der Waals surface area contributed by atoms with Gasteiger partial charge in [0.05, 0.1) is 4.47 Å². The first kappa shape index (κ1) is 11.0. The van der Waals surface area contributed by atoms with Crippen molar-refractivity contribution in [2.24, 2.45) is 5.92 Å². The summed E-state index contributed by atoms with van der Waals surface area (Å²) in [6.07, 6.45) is 0. The molecule has 0 aromatic carbocycles. The summed E-state index contributed by atoms with van der Waals surface area (Å²) in [4.78, 5) is 0. The summed E-state index contributed by atoms with van der Waals surface area (Å²) in [7, 11) is 0. The van der Waals surface area contributed by atoms with Crippen LogP contribution in [0, 0.1) is 5.92 Å². The van der Waals surface area contributed by atoms with E-state index in [-0.39, 0.29) is 0 Å². The first-order valence-electron chi connectivity index (χ1n) is 4.46. The molecule has 2 nitrogen and oxygen atoms in total. The highest BCUT2D eigenvalue weighted by Gasteiger charge is 2.23. The third-order valence-corrected chi connectivity index (χ3v) is 5.33. The number of rotatable bonds is 1. The number of hydrogen-bond donors (Lipinski definition) is 1. The van der Waals surface area contributed by atoms with E-state index >= 15 is 0 Å². The first-order valence-corrected chi connectivity index (χ1v) is 7.10. The van der Waals surface area contributed by atoms with Crippen LogP contribution in [-0.4, -0.2) is 12.3 Å². The van der Waals surface area contributed by atoms with Gasteiger partial charge in [-0.25, -0.2) is 0 Å². The van der Waals surface area contributed by atoms with Gasteiger partial charge in [0.15, 0.2) is 4.67 Å². The Morgan fingerprint density at radius 2 is 2.36 bits per heavy atom. The van der Waals surface area contributed by atoms with Gasteiger partial charge in [-0.05, 0) is 56.1 Å². The average Bonchev–Trinajstić information content (AvgIpc) is 2.48. The van der Waals surface area contributed by atoms with Crippen molar-refractivity contribution in [2.75, 3.05) is 12.3 Å². The maximum Gasteiger partial charge on any atom is 0.183 e. The molecule has 0 aliphatic carbocycles. The third kappa shape index (κ3) is 2.38. The molecule has 1 saturated heterocycles. The first-order chi connectivity index (χ1) is 6.66. The Labute approximate surface area is 104 Å². The second kappa shape index (κ2) is 4.60. The fourth-order valence-corrected chi connectivity index (χ4v) is 3.10. The molecule has 0 radical (unpaired) electrons. The molecule has 2 atom stereocenters. The molecule has 1 N–H and O–H groups in total. The van der Waals surface area contributed by atoms with Crippen molar-refractivity contribution in [3.8, 4) is 0 Å². The van der Waals surface area contributed by atoms with Crippen molar-refractivity contribution in [3.05, 3.63) is 21.0 Å². The van der Waals surface area contributed by atoms with Crippen molar-refractivity contribution in [1.29, 1.82) is 0 Å². The molecule has 2 rings (SSSR count). The van der Waals surface area contributed by atoms with E-state index in [0.29, 0.717) is 5.37 Å². The van der Waals surface area contributed by atoms with Gasteiger partial charge in [-0.3, -0.25) is 5.32 Å². The van der Waals surface area contributed by atoms with Crippen LogP contribution in [0.2, 0.25) is 0 Å². The number of furan rings is 1. The molecule has 1 aliphatic rings. The SMILES string of the molecule is CC1CNC(c2cc(Br)c(Br)o2)SC1. The van der Waals surface area contributed by atoms with E-state index in [9.17, 15) is 0 Å². The summed E-state index contributed by atoms with van der Waals surface area (Å²) in [6, 6.07) is 2.02. The van der Waals surface area contributed by atoms with Crippen LogP contribution in [0.5, 0.6) is 0 Å². The molecular weight excluding hydrogens is 330 g/mol. The lowest BCUT2D eigenvalue weighted by molar-refractivity contribution is 0.436. The maximum atomic E-state index is 5.58. The van der Waals surface area contributed by atoms with Gasteiger partial charge in [0, 0.05) is 0 Å². The zero-order valence-electron chi connectivity index (χ0n) is 7.72. The molecule has 2 heterocycles. The molecule has 0 bridgehead atoms. The molecule has 1 aromatic rings. The molecule has 0 amide bonds. The molecule has 0 saturated carbocycles. The van der Waals surface area contributed by atoms with Crippen molar-refractivity contribution < 1.29 is 4.42 Å². The normalized spacial score (nSPS) is 27.9. The molecular formula is C9H11Br2NOS. The van der Waals surface area contributed by atoms with Crippen LogP contribution in [0.1, 0.15) is 18.1 Å². The Balaban J connectivity index is 2.08. The van der Waals surface area contributed by atoms with E-state index in [1.807, 2.05) is 17.8 Å². The topological polar surface area (TPSA) is 25.2 Å². The van der Waals surface area contributed by atoms with E-state index < -0.39 is 0 Å². The van der Waals surface area contributed by atoms with Crippen molar-refractivity contribution in [1.82, 2.24) is 5.32 Å². The second-order valence-electron chi connectivity index (χ2n) is 3.50. The van der Waals surface area contributed by atoms with E-state index in [4.69, 9.17) is 4.42 Å². The van der Waals surface area contributed by atoms with E-state index in [2.05, 4.69) is 44.1 Å². The second-order valence-corrected chi connectivity index (χ2v) is 6.21. The van der Waals surface area contributed by atoms with Crippen LogP contribution in [0.3, 0.4) is 0 Å². The average molecular weight is 341 g/mol. The van der Waals surface area contributed by atoms with E-state index in [0.717, 1.165) is 27.4 Å². The Morgan fingerprint density at radius 3 is 2.86 bits per heavy atom. The highest BCUT2D eigenvalue weighted by atomic mass is 79.9. The molecule has 1 aliphatic heterocycles. The molecule has 1 fully saturated rings. The van der Waals surface area contributed by atoms with Crippen LogP contribution in [-0.2, 0) is 0 Å². The van der Waals surface area contributed by atoms with Gasteiger partial charge < -0.3 is 4.42 Å². The quantitative estimate of drug-likeness (QED) is 0.842. The van der Waals surface area contributed by atoms with Crippen LogP contribution in [0.4, 0.5) is 0 Å². The Hall–Kier alpha value is 0.550. The van der Waals surface area contributed by atoms with Crippen molar-refractivity contribution >= 4 is 43.6 Å². The fraction of sp³-hybridized carbons (Fsp3) is 0.556. The maximum absolute atomic E-state index is 5.58. The minimum absolute atomic E-state index is 0.300. The number of nitrogens with one attached hydrogen (secondary N) is 1. The Bertz CT molecular complexity index is 301. The summed E-state index contributed by atoms with van der Waals surface area (Å²) in [5.74, 6) is 2.92. The van der Waals surface area contributed by atoms with E-state index in [1.165, 1.54) is 5.75 Å². The van der Waals surface area contributed by atoms with Gasteiger partial charge in [-0.15, -0.1) is 11.8 Å². The lowest BCUT2D eigenvalue weighted by Crippen LogP contribution is -2.30. The van der Waals surface area contributed by atoms with Gasteiger partial charge >= 0.3 is 0 Å². The van der Waals surface area contributed by atoms with E-state index in [1.54, 1.807) is 0 Å². The Kier molecular flexibility index (Phi) is 3.63. The van der Waals surface area contributed by atoms with Crippen molar-refractivity contribution in [3.63, 3.8) is 0 Å². The van der Waals surface area contributed by atoms with Crippen LogP contribution < -0.4 is 5.32 Å². The van der Waals surface area contributed by atoms with Gasteiger partial charge in [0.2, 0.25) is 0 Å². The molecule has 5 heteroatoms. The lowest BCUT2D eigenvalue weighted by Gasteiger charge is -2.25. The van der Waals surface area contributed by atoms with Gasteiger partial charge in [-0.2, -0.15) is 0 Å². The summed E-state index contributed by atoms with van der Waals surface area (Å²) < 4.78 is 7.33. The zero-order valence-corrected chi connectivity index (χ0v) is 11.7. The summed E-state index contributed by atoms with van der Waals surface area (Å²) in [6.45, 7) is 3.32. The van der Waals surface area contributed by atoms with Crippen molar-refractivity contribution in [2.45, 2.75) is 12.3 Å². The predicted octanol–water partition coefficient (Wildman–Crippen LogP) is 3.78. The highest BCUT2D eigenvalue weighted by Crippen LogP contribution is 2.36. The molecule has 2 unspecified atom stereocenters. The van der Waals surface area contributed by atoms with Gasteiger partial charge in [0.1, 0.15) is 11.1 Å².